The lowest BCUT2D eigenvalue weighted by Crippen LogP contribution is -2.06. The molecular weight excluding hydrogens is 205 g/mol. The van der Waals surface area contributed by atoms with Crippen molar-refractivity contribution in [3.63, 3.8) is 0 Å². The van der Waals surface area contributed by atoms with Gasteiger partial charge in [0.25, 0.3) is 0 Å². The molecule has 4 nitrogen and oxygen atoms in total. The summed E-state index contributed by atoms with van der Waals surface area (Å²) in [6.45, 7) is 0.0955. The van der Waals surface area contributed by atoms with Crippen LogP contribution in [0, 0.1) is 0 Å². The number of hydrogen-bond donors (Lipinski definition) is 0. The number of hydrogen-bond acceptors (Lipinski definition) is 4. The van der Waals surface area contributed by atoms with Crippen LogP contribution >= 0.6 is 23.2 Å². The number of methoxy groups -OCH3 is 1. The second kappa shape index (κ2) is 3.89. The van der Waals surface area contributed by atoms with E-state index >= 15 is 0 Å². The summed E-state index contributed by atoms with van der Waals surface area (Å²) in [5.41, 5.74) is -0.715. The van der Waals surface area contributed by atoms with Crippen molar-refractivity contribution < 1.29 is 9.15 Å². The van der Waals surface area contributed by atoms with E-state index in [9.17, 15) is 4.79 Å². The summed E-state index contributed by atoms with van der Waals surface area (Å²) >= 11 is 10.9. The van der Waals surface area contributed by atoms with Gasteiger partial charge in [0.15, 0.2) is 10.9 Å². The average Bonchev–Trinajstić information content (AvgIpc) is 2.01. The molecule has 12 heavy (non-hydrogen) atoms. The Bertz CT molecular complexity index is 336. The molecule has 0 saturated carbocycles. The highest BCUT2D eigenvalue weighted by molar-refractivity contribution is 6.32. The fraction of sp³-hybridized carbons (Fsp3) is 0.333. The predicted molar refractivity (Wildman–Crippen MR) is 43.5 cm³/mol. The molecule has 0 bridgehead atoms. The van der Waals surface area contributed by atoms with E-state index in [0.717, 1.165) is 0 Å². The molecule has 66 valence electrons. The summed E-state index contributed by atoms with van der Waals surface area (Å²) in [5, 5.41) is -0.235. The maximum absolute atomic E-state index is 10.8. The van der Waals surface area contributed by atoms with Gasteiger partial charge in [-0.15, -0.1) is 0 Å². The van der Waals surface area contributed by atoms with Gasteiger partial charge >= 0.3 is 5.63 Å². The van der Waals surface area contributed by atoms with Gasteiger partial charge in [0, 0.05) is 7.11 Å². The normalized spacial score (nSPS) is 10.2. The third kappa shape index (κ3) is 1.97. The SMILES string of the molecule is COCc1oc(=O)c(Cl)nc1Cl. The largest absolute Gasteiger partial charge is 0.420 e. The fourth-order valence-electron chi connectivity index (χ4n) is 0.610. The molecule has 0 radical (unpaired) electrons. The minimum Gasteiger partial charge on any atom is -0.420 e. The van der Waals surface area contributed by atoms with Crippen molar-refractivity contribution in [2.24, 2.45) is 0 Å². The maximum Gasteiger partial charge on any atom is 0.374 e. The smallest absolute Gasteiger partial charge is 0.374 e. The Morgan fingerprint density at radius 2 is 2.17 bits per heavy atom. The van der Waals surface area contributed by atoms with Gasteiger partial charge in [-0.05, 0) is 0 Å². The lowest BCUT2D eigenvalue weighted by molar-refractivity contribution is 0.160. The number of halogens is 2. The van der Waals surface area contributed by atoms with E-state index in [0.29, 0.717) is 0 Å². The Hall–Kier alpha value is -0.580. The third-order valence-corrected chi connectivity index (χ3v) is 1.62. The molecule has 0 aliphatic rings. The maximum atomic E-state index is 10.8. The van der Waals surface area contributed by atoms with Crippen LogP contribution in [0.25, 0.3) is 0 Å². The van der Waals surface area contributed by atoms with Crippen LogP contribution in [0.5, 0.6) is 0 Å². The zero-order chi connectivity index (χ0) is 9.14. The van der Waals surface area contributed by atoms with Gasteiger partial charge in [-0.3, -0.25) is 0 Å². The summed E-state index contributed by atoms with van der Waals surface area (Å²) in [6, 6.07) is 0. The first-order chi connectivity index (χ1) is 5.65. The van der Waals surface area contributed by atoms with Crippen molar-refractivity contribution in [3.05, 3.63) is 26.5 Å². The Morgan fingerprint density at radius 1 is 1.50 bits per heavy atom. The van der Waals surface area contributed by atoms with E-state index in [1.807, 2.05) is 0 Å². The third-order valence-electron chi connectivity index (χ3n) is 1.09. The highest BCUT2D eigenvalue weighted by Gasteiger charge is 2.08. The molecule has 0 spiro atoms. The second-order valence-corrected chi connectivity index (χ2v) is 2.66. The quantitative estimate of drug-likeness (QED) is 0.741. The molecule has 0 N–H and O–H groups in total. The van der Waals surface area contributed by atoms with Gasteiger partial charge < -0.3 is 9.15 Å². The first-order valence-corrected chi connectivity index (χ1v) is 3.74. The second-order valence-electron chi connectivity index (χ2n) is 1.94. The van der Waals surface area contributed by atoms with Crippen molar-refractivity contribution in [1.82, 2.24) is 4.98 Å². The van der Waals surface area contributed by atoms with Gasteiger partial charge in [0.1, 0.15) is 6.61 Å². The van der Waals surface area contributed by atoms with Crippen LogP contribution in [0.3, 0.4) is 0 Å². The molecule has 0 amide bonds. The first kappa shape index (κ1) is 9.51. The van der Waals surface area contributed by atoms with Crippen LogP contribution in [-0.2, 0) is 11.3 Å². The van der Waals surface area contributed by atoms with Crippen LogP contribution in [0.2, 0.25) is 10.3 Å². The monoisotopic (exact) mass is 209 g/mol. The number of ether oxygens (including phenoxy) is 1. The predicted octanol–water partition coefficient (Wildman–Crippen LogP) is 1.49. The molecule has 0 aliphatic heterocycles. The summed E-state index contributed by atoms with van der Waals surface area (Å²) in [5.74, 6) is 0.175. The Labute approximate surface area is 78.1 Å². The first-order valence-electron chi connectivity index (χ1n) is 2.99. The van der Waals surface area contributed by atoms with E-state index in [2.05, 4.69) is 9.40 Å². The summed E-state index contributed by atoms with van der Waals surface area (Å²) in [4.78, 5) is 14.3. The Kier molecular flexibility index (Phi) is 3.08. The number of nitrogens with zero attached hydrogens (tertiary/aromatic N) is 1. The van der Waals surface area contributed by atoms with Gasteiger partial charge in [0.05, 0.1) is 0 Å². The number of aromatic nitrogens is 1. The molecule has 1 rings (SSSR count). The molecule has 0 aromatic carbocycles. The van der Waals surface area contributed by atoms with Crippen LogP contribution in [0.1, 0.15) is 5.76 Å². The van der Waals surface area contributed by atoms with Crippen molar-refractivity contribution in [2.75, 3.05) is 7.11 Å². The molecule has 0 atom stereocenters. The van der Waals surface area contributed by atoms with Crippen molar-refractivity contribution >= 4 is 23.2 Å². The lowest BCUT2D eigenvalue weighted by Gasteiger charge is -1.99. The fourth-order valence-corrected chi connectivity index (χ4v) is 0.954. The van der Waals surface area contributed by atoms with E-state index in [1.54, 1.807) is 0 Å². The van der Waals surface area contributed by atoms with Crippen LogP contribution in [-0.4, -0.2) is 12.1 Å². The zero-order valence-corrected chi connectivity index (χ0v) is 7.65. The van der Waals surface area contributed by atoms with E-state index in [4.69, 9.17) is 27.9 Å². The number of rotatable bonds is 2. The van der Waals surface area contributed by atoms with E-state index in [-0.39, 0.29) is 22.7 Å². The molecule has 0 unspecified atom stereocenters. The van der Waals surface area contributed by atoms with Crippen molar-refractivity contribution in [1.29, 1.82) is 0 Å². The Balaban J connectivity index is 3.14. The van der Waals surface area contributed by atoms with Crippen LogP contribution < -0.4 is 5.63 Å². The molecule has 0 fully saturated rings. The molecule has 0 saturated heterocycles. The highest BCUT2D eigenvalue weighted by Crippen LogP contribution is 2.13. The van der Waals surface area contributed by atoms with Gasteiger partial charge in [-0.2, -0.15) is 0 Å². The van der Waals surface area contributed by atoms with Gasteiger partial charge in [-0.25, -0.2) is 9.78 Å². The molecule has 1 aromatic heterocycles. The zero-order valence-electron chi connectivity index (χ0n) is 6.13. The summed E-state index contributed by atoms with van der Waals surface area (Å²) in [6.07, 6.45) is 0. The van der Waals surface area contributed by atoms with E-state index < -0.39 is 5.63 Å². The van der Waals surface area contributed by atoms with Gasteiger partial charge in [0.2, 0.25) is 5.15 Å². The van der Waals surface area contributed by atoms with Crippen LogP contribution in [0.15, 0.2) is 9.21 Å². The Morgan fingerprint density at radius 3 is 2.75 bits per heavy atom. The minimum atomic E-state index is -0.715. The summed E-state index contributed by atoms with van der Waals surface area (Å²) < 4.78 is 9.38. The molecule has 6 heteroatoms. The molecule has 1 aromatic rings. The topological polar surface area (TPSA) is 52.3 Å². The van der Waals surface area contributed by atoms with Crippen molar-refractivity contribution in [3.8, 4) is 0 Å². The average molecular weight is 210 g/mol. The minimum absolute atomic E-state index is 0.0430. The van der Waals surface area contributed by atoms with Crippen molar-refractivity contribution in [2.45, 2.75) is 6.61 Å². The standard InChI is InChI=1S/C6H5Cl2NO3/c1-11-2-3-4(7)9-5(8)6(10)12-3/h2H2,1H3. The highest BCUT2D eigenvalue weighted by atomic mass is 35.5. The van der Waals surface area contributed by atoms with Crippen LogP contribution in [0.4, 0.5) is 0 Å². The molecule has 1 heterocycles. The van der Waals surface area contributed by atoms with E-state index in [1.165, 1.54) is 7.11 Å². The molecule has 0 aliphatic carbocycles. The van der Waals surface area contributed by atoms with Gasteiger partial charge in [-0.1, -0.05) is 23.2 Å². The summed E-state index contributed by atoms with van der Waals surface area (Å²) in [7, 11) is 1.45. The molecular formula is C6H5Cl2NO3. The lowest BCUT2D eigenvalue weighted by atomic mass is 10.5.